The van der Waals surface area contributed by atoms with Gasteiger partial charge in [0, 0.05) is 19.0 Å². The first-order valence-corrected chi connectivity index (χ1v) is 9.45. The number of carbonyl (C=O) groups excluding carboxylic acids is 3. The van der Waals surface area contributed by atoms with Crippen LogP contribution in [0.5, 0.6) is 0 Å². The highest BCUT2D eigenvalue weighted by Crippen LogP contribution is 2.45. The predicted octanol–water partition coefficient (Wildman–Crippen LogP) is 0.829. The summed E-state index contributed by atoms with van der Waals surface area (Å²) in [4.78, 5) is 40.2. The number of hydrogen-bond donors (Lipinski definition) is 1. The van der Waals surface area contributed by atoms with Crippen LogP contribution in [0.2, 0.25) is 0 Å². The van der Waals surface area contributed by atoms with E-state index in [1.807, 2.05) is 30.3 Å². The zero-order chi connectivity index (χ0) is 20.8. The molecule has 6 nitrogen and oxygen atoms in total. The second-order valence-corrected chi connectivity index (χ2v) is 7.65. The molecule has 0 unspecified atom stereocenters. The van der Waals surface area contributed by atoms with Gasteiger partial charge in [-0.3, -0.25) is 14.5 Å². The Kier molecular flexibility index (Phi) is 4.70. The van der Waals surface area contributed by atoms with Gasteiger partial charge in [-0.25, -0.2) is 9.18 Å². The highest BCUT2D eigenvalue weighted by Gasteiger charge is 2.72. The smallest absolute Gasteiger partial charge is 0.369 e. The molecule has 29 heavy (non-hydrogen) atoms. The first kappa shape index (κ1) is 19.3. The van der Waals surface area contributed by atoms with Gasteiger partial charge in [0.2, 0.25) is 17.4 Å². The van der Waals surface area contributed by atoms with E-state index >= 15 is 0 Å². The average molecular weight is 397 g/mol. The van der Waals surface area contributed by atoms with Gasteiger partial charge in [-0.05, 0) is 11.6 Å². The minimum Gasteiger partial charge on any atom is -0.464 e. The third-order valence-corrected chi connectivity index (χ3v) is 6.16. The number of ether oxygens (including phenoxy) is 1. The van der Waals surface area contributed by atoms with Gasteiger partial charge in [-0.15, -0.1) is 0 Å². The quantitative estimate of drug-likeness (QED) is 0.612. The monoisotopic (exact) mass is 397 g/mol. The number of esters is 1. The molecule has 0 spiro atoms. The summed E-state index contributed by atoms with van der Waals surface area (Å²) in [5.74, 6) is -3.67. The molecule has 2 aliphatic heterocycles. The number of rotatable bonds is 4. The second kappa shape index (κ2) is 7.08. The number of hydrogen-bond acceptors (Lipinski definition) is 4. The largest absolute Gasteiger partial charge is 0.464 e. The Balaban J connectivity index is 1.88. The van der Waals surface area contributed by atoms with Crippen LogP contribution in [-0.2, 0) is 25.5 Å². The average Bonchev–Trinajstić information content (AvgIpc) is 3.18. The summed E-state index contributed by atoms with van der Waals surface area (Å²) in [5.41, 5.74) is -0.222. The lowest BCUT2D eigenvalue weighted by atomic mass is 9.76. The SMILES string of the molecule is COC(=O)[C@]1(Cc2ccccc2)[NH2+][C@@H](c2ccccc2F)[C@H]2C(=O)N(C)C(=O)[C@H]21. The van der Waals surface area contributed by atoms with E-state index in [0.717, 1.165) is 10.5 Å². The number of carbonyl (C=O) groups is 3. The molecule has 2 N–H and O–H groups in total. The molecule has 2 aliphatic rings. The number of fused-ring (bicyclic) bond motifs is 1. The normalized spacial score (nSPS) is 28.5. The molecule has 0 aromatic heterocycles. The van der Waals surface area contributed by atoms with Gasteiger partial charge in [0.05, 0.1) is 7.11 Å². The molecule has 4 atom stereocenters. The standard InChI is InChI=1S/C22H21FN2O4/c1-25-19(26)16-17(20(25)27)22(21(28)29-2,12-13-8-4-3-5-9-13)24-18(16)14-10-6-7-11-15(14)23/h3-11,16-18,24H,12H2,1-2H3/p+1/t16-,17-,18-,22+/m0/s1. The van der Waals surface area contributed by atoms with Crippen molar-refractivity contribution in [2.24, 2.45) is 11.8 Å². The van der Waals surface area contributed by atoms with Crippen molar-refractivity contribution in [1.82, 2.24) is 4.90 Å². The van der Waals surface area contributed by atoms with Crippen LogP contribution in [0.15, 0.2) is 54.6 Å². The van der Waals surface area contributed by atoms with Gasteiger partial charge >= 0.3 is 5.97 Å². The van der Waals surface area contributed by atoms with Crippen LogP contribution in [0.4, 0.5) is 4.39 Å². The summed E-state index contributed by atoms with van der Waals surface area (Å²) in [6, 6.07) is 14.7. The summed E-state index contributed by atoms with van der Waals surface area (Å²) in [5, 5.41) is 1.67. The third-order valence-electron chi connectivity index (χ3n) is 6.16. The fourth-order valence-corrected chi connectivity index (χ4v) is 4.85. The second-order valence-electron chi connectivity index (χ2n) is 7.65. The van der Waals surface area contributed by atoms with Crippen molar-refractivity contribution in [3.8, 4) is 0 Å². The maximum absolute atomic E-state index is 14.6. The van der Waals surface area contributed by atoms with Crippen molar-refractivity contribution in [2.45, 2.75) is 18.0 Å². The van der Waals surface area contributed by atoms with Gasteiger partial charge in [0.1, 0.15) is 23.7 Å². The molecule has 150 valence electrons. The fraction of sp³-hybridized carbons (Fsp3) is 0.318. The van der Waals surface area contributed by atoms with Crippen LogP contribution in [0.1, 0.15) is 17.2 Å². The van der Waals surface area contributed by atoms with E-state index in [1.54, 1.807) is 23.5 Å². The van der Waals surface area contributed by atoms with Gasteiger partial charge in [-0.2, -0.15) is 0 Å². The molecule has 2 aromatic rings. The van der Waals surface area contributed by atoms with E-state index in [9.17, 15) is 18.8 Å². The molecule has 2 aromatic carbocycles. The summed E-state index contributed by atoms with van der Waals surface area (Å²) < 4.78 is 19.7. The first-order valence-electron chi connectivity index (χ1n) is 9.45. The van der Waals surface area contributed by atoms with Crippen molar-refractivity contribution in [3.63, 3.8) is 0 Å². The van der Waals surface area contributed by atoms with Crippen molar-refractivity contribution >= 4 is 17.8 Å². The van der Waals surface area contributed by atoms with Crippen LogP contribution in [0.25, 0.3) is 0 Å². The molecule has 2 amide bonds. The molecular formula is C22H22FN2O4+. The molecule has 2 saturated heterocycles. The van der Waals surface area contributed by atoms with E-state index in [1.165, 1.54) is 20.2 Å². The van der Waals surface area contributed by atoms with E-state index in [0.29, 0.717) is 5.56 Å². The Morgan fingerprint density at radius 3 is 2.41 bits per heavy atom. The number of halogens is 1. The van der Waals surface area contributed by atoms with Crippen LogP contribution < -0.4 is 5.32 Å². The molecule has 7 heteroatoms. The van der Waals surface area contributed by atoms with Gasteiger partial charge < -0.3 is 10.1 Å². The Hall–Kier alpha value is -3.06. The predicted molar refractivity (Wildman–Crippen MR) is 101 cm³/mol. The van der Waals surface area contributed by atoms with E-state index in [4.69, 9.17) is 4.74 Å². The van der Waals surface area contributed by atoms with E-state index in [-0.39, 0.29) is 6.42 Å². The molecular weight excluding hydrogens is 375 g/mol. The lowest BCUT2D eigenvalue weighted by molar-refractivity contribution is -0.734. The highest BCUT2D eigenvalue weighted by atomic mass is 19.1. The zero-order valence-corrected chi connectivity index (χ0v) is 16.2. The lowest BCUT2D eigenvalue weighted by Gasteiger charge is -2.29. The molecule has 0 saturated carbocycles. The van der Waals surface area contributed by atoms with Crippen LogP contribution in [0, 0.1) is 17.7 Å². The first-order chi connectivity index (χ1) is 13.9. The number of methoxy groups -OCH3 is 1. The van der Waals surface area contributed by atoms with Crippen molar-refractivity contribution < 1.29 is 28.8 Å². The minimum absolute atomic E-state index is 0.194. The maximum atomic E-state index is 14.6. The number of quaternary nitrogens is 1. The summed E-state index contributed by atoms with van der Waals surface area (Å²) in [6.45, 7) is 0. The fourth-order valence-electron chi connectivity index (χ4n) is 4.85. The van der Waals surface area contributed by atoms with Crippen molar-refractivity contribution in [2.75, 3.05) is 14.2 Å². The summed E-state index contributed by atoms with van der Waals surface area (Å²) in [7, 11) is 2.67. The van der Waals surface area contributed by atoms with Crippen molar-refractivity contribution in [3.05, 3.63) is 71.5 Å². The van der Waals surface area contributed by atoms with Crippen LogP contribution >= 0.6 is 0 Å². The highest BCUT2D eigenvalue weighted by molar-refractivity contribution is 6.08. The van der Waals surface area contributed by atoms with E-state index < -0.39 is 47.0 Å². The van der Waals surface area contributed by atoms with Crippen molar-refractivity contribution in [1.29, 1.82) is 0 Å². The Labute approximate surface area is 167 Å². The molecule has 2 fully saturated rings. The molecule has 0 radical (unpaired) electrons. The van der Waals surface area contributed by atoms with Crippen LogP contribution in [-0.4, -0.2) is 42.4 Å². The van der Waals surface area contributed by atoms with Gasteiger partial charge in [0.25, 0.3) is 0 Å². The molecule has 2 heterocycles. The maximum Gasteiger partial charge on any atom is 0.369 e. The Morgan fingerprint density at radius 2 is 1.76 bits per heavy atom. The number of imide groups is 1. The van der Waals surface area contributed by atoms with E-state index in [2.05, 4.69) is 0 Å². The number of amides is 2. The molecule has 0 aliphatic carbocycles. The Bertz CT molecular complexity index is 980. The lowest BCUT2D eigenvalue weighted by Crippen LogP contribution is -2.98. The molecule has 4 rings (SSSR count). The minimum atomic E-state index is -1.36. The molecule has 0 bridgehead atoms. The zero-order valence-electron chi connectivity index (χ0n) is 16.2. The van der Waals surface area contributed by atoms with Gasteiger partial charge in [-0.1, -0.05) is 48.5 Å². The number of benzene rings is 2. The number of likely N-dealkylation sites (tertiary alicyclic amines) is 1. The Morgan fingerprint density at radius 1 is 1.10 bits per heavy atom. The topological polar surface area (TPSA) is 80.3 Å². The summed E-state index contributed by atoms with van der Waals surface area (Å²) >= 11 is 0. The number of nitrogens with two attached hydrogens (primary N) is 1. The van der Waals surface area contributed by atoms with Gasteiger partial charge in [0.15, 0.2) is 0 Å². The van der Waals surface area contributed by atoms with Crippen LogP contribution in [0.3, 0.4) is 0 Å². The number of nitrogens with zero attached hydrogens (tertiary/aromatic N) is 1. The summed E-state index contributed by atoms with van der Waals surface area (Å²) in [6.07, 6.45) is 0.194. The third kappa shape index (κ3) is 2.84.